The molecule has 0 amide bonds. The van der Waals surface area contributed by atoms with Gasteiger partial charge in [-0.15, -0.1) is 0 Å². The average Bonchev–Trinajstić information content (AvgIpc) is 2.63. The number of hydrogen-bond donors (Lipinski definition) is 2. The Morgan fingerprint density at radius 2 is 1.70 bits per heavy atom. The third kappa shape index (κ3) is 5.01. The van der Waals surface area contributed by atoms with Crippen molar-refractivity contribution in [3.05, 3.63) is 59.2 Å². The molecule has 140 valence electrons. The molecule has 0 spiro atoms. The molecule has 1 heterocycles. The zero-order chi connectivity index (χ0) is 19.2. The van der Waals surface area contributed by atoms with Crippen molar-refractivity contribution in [2.45, 2.75) is 13.8 Å². The van der Waals surface area contributed by atoms with Crippen LogP contribution >= 0.6 is 11.6 Å². The van der Waals surface area contributed by atoms with Crippen LogP contribution in [0.25, 0.3) is 0 Å². The Morgan fingerprint density at radius 1 is 0.963 bits per heavy atom. The number of halogens is 1. The summed E-state index contributed by atoms with van der Waals surface area (Å²) in [4.78, 5) is 8.95. The van der Waals surface area contributed by atoms with Gasteiger partial charge in [-0.1, -0.05) is 11.6 Å². The number of aryl methyl sites for hydroxylation is 1. The molecule has 0 saturated heterocycles. The quantitative estimate of drug-likeness (QED) is 0.573. The molecule has 0 aliphatic rings. The molecule has 7 heteroatoms. The number of benzene rings is 2. The Morgan fingerprint density at radius 3 is 2.37 bits per heavy atom. The first-order valence-electron chi connectivity index (χ1n) is 8.53. The lowest BCUT2D eigenvalue weighted by Gasteiger charge is -2.11. The zero-order valence-corrected chi connectivity index (χ0v) is 16.2. The molecule has 3 aromatic rings. The second-order valence-electron chi connectivity index (χ2n) is 5.77. The first-order valence-corrected chi connectivity index (χ1v) is 8.91. The first-order chi connectivity index (χ1) is 13.1. The molecule has 0 bridgehead atoms. The van der Waals surface area contributed by atoms with Crippen LogP contribution in [0.2, 0.25) is 5.02 Å². The summed E-state index contributed by atoms with van der Waals surface area (Å²) in [5.74, 6) is 2.62. The van der Waals surface area contributed by atoms with Crippen LogP contribution in [0.4, 0.5) is 23.1 Å². The number of rotatable bonds is 7. The van der Waals surface area contributed by atoms with Crippen LogP contribution in [-0.4, -0.2) is 23.7 Å². The SMILES string of the molecule is CCOc1ccc(Nc2nc(C)cc(Nc3ccc(OC)c(Cl)c3)n2)cc1. The lowest BCUT2D eigenvalue weighted by Crippen LogP contribution is -2.02. The first kappa shape index (κ1) is 18.8. The largest absolute Gasteiger partial charge is 0.495 e. The highest BCUT2D eigenvalue weighted by molar-refractivity contribution is 6.32. The number of aromatic nitrogens is 2. The van der Waals surface area contributed by atoms with Crippen LogP contribution in [0.5, 0.6) is 11.5 Å². The van der Waals surface area contributed by atoms with Crippen molar-refractivity contribution in [1.29, 1.82) is 0 Å². The van der Waals surface area contributed by atoms with E-state index in [0.717, 1.165) is 22.8 Å². The summed E-state index contributed by atoms with van der Waals surface area (Å²) in [7, 11) is 1.58. The van der Waals surface area contributed by atoms with Gasteiger partial charge in [-0.25, -0.2) is 4.98 Å². The maximum Gasteiger partial charge on any atom is 0.229 e. The Labute approximate surface area is 163 Å². The number of nitrogens with one attached hydrogen (secondary N) is 2. The van der Waals surface area contributed by atoms with E-state index in [2.05, 4.69) is 20.6 Å². The molecule has 0 aliphatic heterocycles. The third-order valence-electron chi connectivity index (χ3n) is 3.70. The summed E-state index contributed by atoms with van der Waals surface area (Å²) in [6.07, 6.45) is 0. The number of nitrogens with zero attached hydrogens (tertiary/aromatic N) is 2. The molecule has 0 unspecified atom stereocenters. The summed E-state index contributed by atoms with van der Waals surface area (Å²) >= 11 is 6.18. The standard InChI is InChI=1S/C20H21ClN4O2/c1-4-27-16-8-5-14(6-9-16)24-20-22-13(2)11-19(25-20)23-15-7-10-18(26-3)17(21)12-15/h5-12H,4H2,1-3H3,(H2,22,23,24,25). The minimum atomic E-state index is 0.501. The Bertz CT molecular complexity index is 916. The van der Waals surface area contributed by atoms with Crippen molar-refractivity contribution in [1.82, 2.24) is 9.97 Å². The molecule has 2 N–H and O–H groups in total. The van der Waals surface area contributed by atoms with E-state index in [1.54, 1.807) is 19.2 Å². The molecule has 6 nitrogen and oxygen atoms in total. The van der Waals surface area contributed by atoms with Gasteiger partial charge in [0.25, 0.3) is 0 Å². The van der Waals surface area contributed by atoms with Gasteiger partial charge < -0.3 is 20.1 Å². The highest BCUT2D eigenvalue weighted by atomic mass is 35.5. The molecular weight excluding hydrogens is 364 g/mol. The van der Waals surface area contributed by atoms with Gasteiger partial charge in [0.2, 0.25) is 5.95 Å². The molecule has 27 heavy (non-hydrogen) atoms. The van der Waals surface area contributed by atoms with Crippen LogP contribution in [0.3, 0.4) is 0 Å². The number of ether oxygens (including phenoxy) is 2. The molecule has 0 radical (unpaired) electrons. The van der Waals surface area contributed by atoms with Crippen molar-refractivity contribution in [2.24, 2.45) is 0 Å². The molecule has 0 atom stereocenters. The molecular formula is C20H21ClN4O2. The van der Waals surface area contributed by atoms with E-state index in [0.29, 0.717) is 29.1 Å². The van der Waals surface area contributed by atoms with Crippen LogP contribution < -0.4 is 20.1 Å². The van der Waals surface area contributed by atoms with Crippen molar-refractivity contribution in [2.75, 3.05) is 24.4 Å². The van der Waals surface area contributed by atoms with Crippen LogP contribution in [0.15, 0.2) is 48.5 Å². The third-order valence-corrected chi connectivity index (χ3v) is 4.00. The number of methoxy groups -OCH3 is 1. The fourth-order valence-corrected chi connectivity index (χ4v) is 2.77. The fourth-order valence-electron chi connectivity index (χ4n) is 2.51. The normalized spacial score (nSPS) is 10.4. The highest BCUT2D eigenvalue weighted by Gasteiger charge is 2.06. The topological polar surface area (TPSA) is 68.3 Å². The number of hydrogen-bond acceptors (Lipinski definition) is 6. The van der Waals surface area contributed by atoms with Gasteiger partial charge in [-0.2, -0.15) is 4.98 Å². The van der Waals surface area contributed by atoms with E-state index in [9.17, 15) is 0 Å². The second kappa shape index (κ2) is 8.60. The van der Waals surface area contributed by atoms with Gasteiger partial charge in [0, 0.05) is 23.1 Å². The maximum absolute atomic E-state index is 6.18. The lowest BCUT2D eigenvalue weighted by molar-refractivity contribution is 0.340. The van der Waals surface area contributed by atoms with Gasteiger partial charge >= 0.3 is 0 Å². The van der Waals surface area contributed by atoms with Gasteiger partial charge in [0.15, 0.2) is 0 Å². The summed E-state index contributed by atoms with van der Waals surface area (Å²) in [6, 6.07) is 15.0. The van der Waals surface area contributed by atoms with Crippen LogP contribution in [0, 0.1) is 6.92 Å². The van der Waals surface area contributed by atoms with Crippen LogP contribution in [-0.2, 0) is 0 Å². The van der Waals surface area contributed by atoms with Crippen molar-refractivity contribution in [3.63, 3.8) is 0 Å². The molecule has 0 saturated carbocycles. The molecule has 3 rings (SSSR count). The Kier molecular flexibility index (Phi) is 5.98. The van der Waals surface area contributed by atoms with Gasteiger partial charge in [0.1, 0.15) is 17.3 Å². The van der Waals surface area contributed by atoms with Gasteiger partial charge in [-0.05, 0) is 56.3 Å². The molecule has 1 aromatic heterocycles. The van der Waals surface area contributed by atoms with E-state index in [1.165, 1.54) is 0 Å². The predicted octanol–water partition coefficient (Wildman–Crippen LogP) is 5.33. The fraction of sp³-hybridized carbons (Fsp3) is 0.200. The van der Waals surface area contributed by atoms with Gasteiger partial charge in [0.05, 0.1) is 18.7 Å². The van der Waals surface area contributed by atoms with E-state index in [4.69, 9.17) is 21.1 Å². The predicted molar refractivity (Wildman–Crippen MR) is 109 cm³/mol. The smallest absolute Gasteiger partial charge is 0.229 e. The lowest BCUT2D eigenvalue weighted by atomic mass is 10.3. The second-order valence-corrected chi connectivity index (χ2v) is 6.18. The Hall–Kier alpha value is -2.99. The monoisotopic (exact) mass is 384 g/mol. The average molecular weight is 385 g/mol. The van der Waals surface area contributed by atoms with Crippen LogP contribution in [0.1, 0.15) is 12.6 Å². The summed E-state index contributed by atoms with van der Waals surface area (Å²) in [5.41, 5.74) is 2.52. The van der Waals surface area contributed by atoms with Crippen molar-refractivity contribution in [3.8, 4) is 11.5 Å². The van der Waals surface area contributed by atoms with Crippen molar-refractivity contribution < 1.29 is 9.47 Å². The summed E-state index contributed by atoms with van der Waals surface area (Å²) in [6.45, 7) is 4.51. The van der Waals surface area contributed by atoms with E-state index < -0.39 is 0 Å². The van der Waals surface area contributed by atoms with E-state index in [1.807, 2.05) is 50.2 Å². The molecule has 0 aliphatic carbocycles. The summed E-state index contributed by atoms with van der Waals surface area (Å²) < 4.78 is 10.6. The minimum absolute atomic E-state index is 0.501. The maximum atomic E-state index is 6.18. The number of anilines is 4. The molecule has 2 aromatic carbocycles. The van der Waals surface area contributed by atoms with Crippen molar-refractivity contribution >= 4 is 34.7 Å². The highest BCUT2D eigenvalue weighted by Crippen LogP contribution is 2.29. The van der Waals surface area contributed by atoms with Gasteiger partial charge in [-0.3, -0.25) is 0 Å². The zero-order valence-electron chi connectivity index (χ0n) is 15.4. The molecule has 0 fully saturated rings. The summed E-state index contributed by atoms with van der Waals surface area (Å²) in [5, 5.41) is 6.97. The Balaban J connectivity index is 1.76. The minimum Gasteiger partial charge on any atom is -0.495 e. The van der Waals surface area contributed by atoms with E-state index >= 15 is 0 Å². The van der Waals surface area contributed by atoms with E-state index in [-0.39, 0.29) is 0 Å².